The maximum atomic E-state index is 13.3. The van der Waals surface area contributed by atoms with Gasteiger partial charge >= 0.3 is 0 Å². The van der Waals surface area contributed by atoms with Crippen molar-refractivity contribution in [3.63, 3.8) is 0 Å². The maximum Gasteiger partial charge on any atom is 0.124 e. The molecule has 0 spiro atoms. The molecule has 19 heavy (non-hydrogen) atoms. The minimum absolute atomic E-state index is 0.287. The standard InChI is InChI=1S/C15H9BrClFS/c16-14-3-1-2-10-7-13(19-15(10)14)6-9-4-11(17)8-12(18)5-9/h1-5,7-8H,6H2. The van der Waals surface area contributed by atoms with Crippen LogP contribution in [0.3, 0.4) is 0 Å². The molecule has 0 aliphatic rings. The molecule has 0 bridgehead atoms. The van der Waals surface area contributed by atoms with Gasteiger partial charge in [0.1, 0.15) is 5.82 Å². The summed E-state index contributed by atoms with van der Waals surface area (Å²) < 4.78 is 15.6. The van der Waals surface area contributed by atoms with E-state index in [2.05, 4.69) is 28.1 Å². The zero-order chi connectivity index (χ0) is 13.4. The predicted molar refractivity (Wildman–Crippen MR) is 83.7 cm³/mol. The summed E-state index contributed by atoms with van der Waals surface area (Å²) in [6.07, 6.45) is 0.698. The van der Waals surface area contributed by atoms with Gasteiger partial charge in [0.05, 0.1) is 0 Å². The highest BCUT2D eigenvalue weighted by Gasteiger charge is 2.07. The quantitative estimate of drug-likeness (QED) is 0.525. The molecule has 0 N–H and O–H groups in total. The fraction of sp³-hybridized carbons (Fsp3) is 0.0667. The third-order valence-electron chi connectivity index (χ3n) is 2.85. The molecule has 0 aliphatic heterocycles. The number of benzene rings is 2. The molecular weight excluding hydrogens is 347 g/mol. The average Bonchev–Trinajstić information content (AvgIpc) is 2.71. The van der Waals surface area contributed by atoms with Crippen molar-refractivity contribution in [1.82, 2.24) is 0 Å². The normalized spacial score (nSPS) is 11.1. The zero-order valence-corrected chi connectivity index (χ0v) is 12.9. The van der Waals surface area contributed by atoms with Crippen molar-refractivity contribution in [3.8, 4) is 0 Å². The molecule has 3 rings (SSSR count). The van der Waals surface area contributed by atoms with E-state index in [1.54, 1.807) is 11.3 Å². The molecule has 0 radical (unpaired) electrons. The van der Waals surface area contributed by atoms with Crippen LogP contribution in [0.4, 0.5) is 4.39 Å². The molecule has 1 aromatic heterocycles. The second-order valence-electron chi connectivity index (χ2n) is 4.33. The van der Waals surface area contributed by atoms with Crippen molar-refractivity contribution in [3.05, 3.63) is 68.2 Å². The van der Waals surface area contributed by atoms with E-state index in [4.69, 9.17) is 11.6 Å². The van der Waals surface area contributed by atoms with Crippen molar-refractivity contribution in [2.45, 2.75) is 6.42 Å². The Morgan fingerprint density at radius 3 is 2.74 bits per heavy atom. The van der Waals surface area contributed by atoms with E-state index in [1.165, 1.54) is 27.1 Å². The summed E-state index contributed by atoms with van der Waals surface area (Å²) in [6, 6.07) is 12.9. The fourth-order valence-electron chi connectivity index (χ4n) is 2.08. The second-order valence-corrected chi connectivity index (χ2v) is 6.75. The lowest BCUT2D eigenvalue weighted by atomic mass is 10.1. The highest BCUT2D eigenvalue weighted by atomic mass is 79.9. The Kier molecular flexibility index (Phi) is 3.61. The molecule has 0 saturated carbocycles. The number of fused-ring (bicyclic) bond motifs is 1. The Morgan fingerprint density at radius 2 is 2.00 bits per heavy atom. The van der Waals surface area contributed by atoms with Gasteiger partial charge < -0.3 is 0 Å². The van der Waals surface area contributed by atoms with Crippen LogP contribution in [0.15, 0.2) is 46.9 Å². The molecule has 0 atom stereocenters. The minimum atomic E-state index is -0.287. The average molecular weight is 356 g/mol. The third kappa shape index (κ3) is 2.83. The summed E-state index contributed by atoms with van der Waals surface area (Å²) in [4.78, 5) is 1.20. The van der Waals surface area contributed by atoms with Crippen molar-refractivity contribution in [2.24, 2.45) is 0 Å². The first kappa shape index (κ1) is 13.1. The van der Waals surface area contributed by atoms with Crippen LogP contribution < -0.4 is 0 Å². The number of thiophene rings is 1. The summed E-state index contributed by atoms with van der Waals surface area (Å²) in [5, 5.41) is 1.65. The molecule has 3 aromatic rings. The Hall–Kier alpha value is -0.900. The number of hydrogen-bond acceptors (Lipinski definition) is 1. The first-order valence-electron chi connectivity index (χ1n) is 5.74. The summed E-state index contributed by atoms with van der Waals surface area (Å²) in [5.41, 5.74) is 0.896. The van der Waals surface area contributed by atoms with Crippen molar-refractivity contribution < 1.29 is 4.39 Å². The first-order valence-corrected chi connectivity index (χ1v) is 7.72. The molecule has 0 unspecified atom stereocenters. The van der Waals surface area contributed by atoms with Crippen molar-refractivity contribution in [1.29, 1.82) is 0 Å². The van der Waals surface area contributed by atoms with Crippen LogP contribution >= 0.6 is 38.9 Å². The topological polar surface area (TPSA) is 0 Å². The van der Waals surface area contributed by atoms with Gasteiger partial charge in [0.25, 0.3) is 0 Å². The summed E-state index contributed by atoms with van der Waals surface area (Å²) >= 11 is 11.1. The highest BCUT2D eigenvalue weighted by molar-refractivity contribution is 9.10. The second kappa shape index (κ2) is 5.23. The van der Waals surface area contributed by atoms with E-state index < -0.39 is 0 Å². The van der Waals surface area contributed by atoms with E-state index >= 15 is 0 Å². The van der Waals surface area contributed by atoms with Crippen molar-refractivity contribution >= 4 is 49.0 Å². The molecule has 0 nitrogen and oxygen atoms in total. The lowest BCUT2D eigenvalue weighted by Crippen LogP contribution is -1.86. The predicted octanol–water partition coefficient (Wildman–Crippen LogP) is 6.05. The van der Waals surface area contributed by atoms with Crippen LogP contribution in [0.2, 0.25) is 5.02 Å². The number of hydrogen-bond donors (Lipinski definition) is 0. The maximum absolute atomic E-state index is 13.3. The van der Waals surface area contributed by atoms with Crippen LogP contribution in [0.25, 0.3) is 10.1 Å². The molecule has 0 saturated heterocycles. The number of rotatable bonds is 2. The van der Waals surface area contributed by atoms with Gasteiger partial charge in [-0.05, 0) is 57.2 Å². The van der Waals surface area contributed by atoms with Crippen LogP contribution in [0.1, 0.15) is 10.4 Å². The molecule has 96 valence electrons. The molecule has 1 heterocycles. The van der Waals surface area contributed by atoms with Crippen molar-refractivity contribution in [2.75, 3.05) is 0 Å². The van der Waals surface area contributed by atoms with E-state index in [0.717, 1.165) is 10.0 Å². The van der Waals surface area contributed by atoms with Gasteiger partial charge in [-0.15, -0.1) is 11.3 Å². The highest BCUT2D eigenvalue weighted by Crippen LogP contribution is 2.33. The smallest absolute Gasteiger partial charge is 0.124 e. The first-order chi connectivity index (χ1) is 9.11. The van der Waals surface area contributed by atoms with Gasteiger partial charge in [-0.3, -0.25) is 0 Å². The summed E-state index contributed by atoms with van der Waals surface area (Å²) in [7, 11) is 0. The van der Waals surface area contributed by atoms with Gasteiger partial charge in [-0.1, -0.05) is 23.7 Å². The minimum Gasteiger partial charge on any atom is -0.207 e. The van der Waals surface area contributed by atoms with Crippen LogP contribution in [0.5, 0.6) is 0 Å². The Morgan fingerprint density at radius 1 is 1.16 bits per heavy atom. The molecule has 4 heteroatoms. The van der Waals surface area contributed by atoms with Crippen LogP contribution in [0, 0.1) is 5.82 Å². The monoisotopic (exact) mass is 354 g/mol. The number of halogens is 3. The van der Waals surface area contributed by atoms with Crippen LogP contribution in [-0.2, 0) is 6.42 Å². The Bertz CT molecular complexity index is 731. The van der Waals surface area contributed by atoms with E-state index in [9.17, 15) is 4.39 Å². The molecule has 0 aliphatic carbocycles. The largest absolute Gasteiger partial charge is 0.207 e. The van der Waals surface area contributed by atoms with Crippen LogP contribution in [-0.4, -0.2) is 0 Å². The lowest BCUT2D eigenvalue weighted by molar-refractivity contribution is 0.626. The molecule has 0 fully saturated rings. The fourth-order valence-corrected chi connectivity index (χ4v) is 4.05. The van der Waals surface area contributed by atoms with Gasteiger partial charge in [0.15, 0.2) is 0 Å². The van der Waals surface area contributed by atoms with E-state index in [0.29, 0.717) is 11.4 Å². The molecular formula is C15H9BrClFS. The SMILES string of the molecule is Fc1cc(Cl)cc(Cc2cc3cccc(Br)c3s2)c1. The van der Waals surface area contributed by atoms with Gasteiger partial charge in [0, 0.05) is 25.5 Å². The Labute approximate surface area is 128 Å². The molecule has 0 amide bonds. The lowest BCUT2D eigenvalue weighted by Gasteiger charge is -2.00. The zero-order valence-electron chi connectivity index (χ0n) is 9.79. The van der Waals surface area contributed by atoms with Gasteiger partial charge in [-0.2, -0.15) is 0 Å². The summed E-state index contributed by atoms with van der Waals surface area (Å²) in [5.74, 6) is -0.287. The summed E-state index contributed by atoms with van der Waals surface area (Å²) in [6.45, 7) is 0. The van der Waals surface area contributed by atoms with E-state index in [1.807, 2.05) is 18.2 Å². The van der Waals surface area contributed by atoms with Gasteiger partial charge in [0.2, 0.25) is 0 Å². The third-order valence-corrected chi connectivity index (χ3v) is 5.17. The Balaban J connectivity index is 1.99. The van der Waals surface area contributed by atoms with E-state index in [-0.39, 0.29) is 5.82 Å². The molecule has 2 aromatic carbocycles. The van der Waals surface area contributed by atoms with Gasteiger partial charge in [-0.25, -0.2) is 4.39 Å².